The lowest BCUT2D eigenvalue weighted by molar-refractivity contribution is 0.315. The molecule has 3 N–H and O–H groups in total. The molecule has 3 atom stereocenters. The van der Waals surface area contributed by atoms with Crippen molar-refractivity contribution >= 4 is 22.4 Å². The topological polar surface area (TPSA) is 77.0 Å². The number of anilines is 2. The highest BCUT2D eigenvalue weighted by Gasteiger charge is 2.39. The quantitative estimate of drug-likeness (QED) is 0.793. The van der Waals surface area contributed by atoms with E-state index in [2.05, 4.69) is 15.6 Å². The maximum absolute atomic E-state index is 5.85. The van der Waals surface area contributed by atoms with E-state index in [0.717, 1.165) is 23.0 Å². The Kier molecular flexibility index (Phi) is 2.04. The molecular weight excluding hydrogens is 228 g/mol. The second-order valence-corrected chi connectivity index (χ2v) is 5.59. The highest BCUT2D eigenvalue weighted by molar-refractivity contribution is 5.95. The molecule has 0 radical (unpaired) electrons. The Balaban J connectivity index is 1.67. The van der Waals surface area contributed by atoms with E-state index < -0.39 is 0 Å². The number of nitrogens with zero attached hydrogens (tertiary/aromatic N) is 2. The average molecular weight is 244 g/mol. The third-order valence-electron chi connectivity index (χ3n) is 4.53. The first-order valence-electron chi connectivity index (χ1n) is 6.58. The molecule has 5 heteroatoms. The van der Waals surface area contributed by atoms with E-state index in [1.54, 1.807) is 0 Å². The van der Waals surface area contributed by atoms with E-state index >= 15 is 0 Å². The van der Waals surface area contributed by atoms with Crippen molar-refractivity contribution in [1.82, 2.24) is 10.3 Å². The number of benzene rings is 1. The predicted molar refractivity (Wildman–Crippen MR) is 69.1 cm³/mol. The number of nitrogen functional groups attached to an aromatic ring is 1. The van der Waals surface area contributed by atoms with Gasteiger partial charge in [0.1, 0.15) is 0 Å². The highest BCUT2D eigenvalue weighted by Crippen LogP contribution is 2.45. The molecule has 18 heavy (non-hydrogen) atoms. The summed E-state index contributed by atoms with van der Waals surface area (Å²) in [6.07, 6.45) is 5.43. The lowest BCUT2D eigenvalue weighted by atomic mass is 9.95. The summed E-state index contributed by atoms with van der Waals surface area (Å²) in [6, 6.07) is 4.42. The van der Waals surface area contributed by atoms with Crippen LogP contribution >= 0.6 is 0 Å². The molecule has 2 aliphatic carbocycles. The number of nitrogens with two attached hydrogens (primary N) is 1. The van der Waals surface area contributed by atoms with Gasteiger partial charge in [0.05, 0.1) is 11.4 Å². The van der Waals surface area contributed by atoms with Gasteiger partial charge in [0.2, 0.25) is 0 Å². The van der Waals surface area contributed by atoms with Gasteiger partial charge in [-0.15, -0.1) is 0 Å². The summed E-state index contributed by atoms with van der Waals surface area (Å²) in [6.45, 7) is 0. The van der Waals surface area contributed by atoms with E-state index in [9.17, 15) is 0 Å². The zero-order chi connectivity index (χ0) is 12.1. The Morgan fingerprint density at radius 3 is 2.83 bits per heavy atom. The van der Waals surface area contributed by atoms with Crippen molar-refractivity contribution in [3.05, 3.63) is 12.1 Å². The molecule has 2 saturated carbocycles. The van der Waals surface area contributed by atoms with Gasteiger partial charge in [-0.05, 0) is 53.5 Å². The normalized spacial score (nSPS) is 30.1. The minimum absolute atomic E-state index is 0.576. The van der Waals surface area contributed by atoms with Crippen LogP contribution in [-0.4, -0.2) is 16.4 Å². The van der Waals surface area contributed by atoms with Gasteiger partial charge in [0.15, 0.2) is 11.0 Å². The van der Waals surface area contributed by atoms with E-state index in [1.807, 2.05) is 12.1 Å². The summed E-state index contributed by atoms with van der Waals surface area (Å²) in [5, 5.41) is 11.4. The van der Waals surface area contributed by atoms with Gasteiger partial charge in [-0.3, -0.25) is 0 Å². The third-order valence-corrected chi connectivity index (χ3v) is 4.53. The number of fused-ring (bicyclic) bond motifs is 3. The number of rotatable bonds is 2. The van der Waals surface area contributed by atoms with Crippen LogP contribution in [0, 0.1) is 11.8 Å². The maximum Gasteiger partial charge on any atom is 0.160 e. The van der Waals surface area contributed by atoms with Crippen LogP contribution in [0.3, 0.4) is 0 Å². The second-order valence-electron chi connectivity index (χ2n) is 5.59. The molecule has 1 aromatic heterocycles. The Labute approximate surface area is 105 Å². The maximum atomic E-state index is 5.85. The van der Waals surface area contributed by atoms with E-state index in [4.69, 9.17) is 10.4 Å². The molecule has 1 aromatic carbocycles. The third kappa shape index (κ3) is 1.39. The molecule has 2 fully saturated rings. The Hall–Kier alpha value is -1.78. The van der Waals surface area contributed by atoms with Crippen LogP contribution < -0.4 is 11.1 Å². The molecule has 94 valence electrons. The monoisotopic (exact) mass is 244 g/mol. The molecule has 4 rings (SSSR count). The Morgan fingerprint density at radius 2 is 2.06 bits per heavy atom. The summed E-state index contributed by atoms with van der Waals surface area (Å²) in [5.41, 5.74) is 8.87. The smallest absolute Gasteiger partial charge is 0.160 e. The van der Waals surface area contributed by atoms with Crippen molar-refractivity contribution in [3.63, 3.8) is 0 Å². The van der Waals surface area contributed by atoms with Crippen LogP contribution in [0.2, 0.25) is 0 Å². The number of aromatic nitrogens is 2. The number of hydrogen-bond acceptors (Lipinski definition) is 5. The highest BCUT2D eigenvalue weighted by atomic mass is 16.6. The summed E-state index contributed by atoms with van der Waals surface area (Å²) < 4.78 is 4.79. The van der Waals surface area contributed by atoms with Crippen LogP contribution in [0.1, 0.15) is 25.7 Å². The molecule has 0 spiro atoms. The van der Waals surface area contributed by atoms with Gasteiger partial charge in [-0.1, -0.05) is 6.42 Å². The van der Waals surface area contributed by atoms with Gasteiger partial charge in [0.25, 0.3) is 0 Å². The lowest BCUT2D eigenvalue weighted by Gasteiger charge is -2.24. The van der Waals surface area contributed by atoms with Crippen molar-refractivity contribution < 1.29 is 4.63 Å². The Bertz CT molecular complexity index is 594. The van der Waals surface area contributed by atoms with Crippen LogP contribution in [0.15, 0.2) is 16.8 Å². The summed E-state index contributed by atoms with van der Waals surface area (Å²) in [5.74, 6) is 1.75. The van der Waals surface area contributed by atoms with Crippen molar-refractivity contribution in [1.29, 1.82) is 0 Å². The molecule has 2 aromatic rings. The molecule has 0 saturated heterocycles. The van der Waals surface area contributed by atoms with E-state index in [1.165, 1.54) is 25.7 Å². The first kappa shape index (κ1) is 10.2. The zero-order valence-corrected chi connectivity index (χ0v) is 10.1. The van der Waals surface area contributed by atoms with Gasteiger partial charge in [-0.25, -0.2) is 4.63 Å². The predicted octanol–water partition coefficient (Wildman–Crippen LogP) is 2.41. The van der Waals surface area contributed by atoms with Crippen molar-refractivity contribution in [2.24, 2.45) is 11.8 Å². The van der Waals surface area contributed by atoms with Crippen LogP contribution in [0.25, 0.3) is 11.0 Å². The molecule has 3 unspecified atom stereocenters. The first-order valence-corrected chi connectivity index (χ1v) is 6.58. The van der Waals surface area contributed by atoms with Gasteiger partial charge in [-0.2, -0.15) is 0 Å². The molecule has 0 amide bonds. The Morgan fingerprint density at radius 1 is 1.17 bits per heavy atom. The molecule has 2 bridgehead atoms. The number of nitrogens with one attached hydrogen (secondary N) is 1. The van der Waals surface area contributed by atoms with Crippen LogP contribution in [-0.2, 0) is 0 Å². The zero-order valence-electron chi connectivity index (χ0n) is 10.1. The molecule has 2 aliphatic rings. The average Bonchev–Trinajstić information content (AvgIpc) is 3.07. The minimum Gasteiger partial charge on any atom is -0.397 e. The molecule has 5 nitrogen and oxygen atoms in total. The minimum atomic E-state index is 0.576. The molecule has 0 aliphatic heterocycles. The first-order chi connectivity index (χ1) is 8.81. The number of hydrogen-bond donors (Lipinski definition) is 2. The van der Waals surface area contributed by atoms with Gasteiger partial charge in [0, 0.05) is 6.04 Å². The fourth-order valence-corrected chi connectivity index (χ4v) is 3.62. The van der Waals surface area contributed by atoms with Crippen LogP contribution in [0.5, 0.6) is 0 Å². The van der Waals surface area contributed by atoms with Crippen molar-refractivity contribution in [2.75, 3.05) is 11.1 Å². The van der Waals surface area contributed by atoms with E-state index in [0.29, 0.717) is 17.2 Å². The standard InChI is InChI=1S/C13H16N4O/c14-9-3-4-10(13-12(9)16-18-17-13)15-11-6-7-1-2-8(11)5-7/h3-4,7-8,11,15H,1-2,5-6,14H2. The largest absolute Gasteiger partial charge is 0.397 e. The summed E-state index contributed by atoms with van der Waals surface area (Å²) in [7, 11) is 0. The van der Waals surface area contributed by atoms with Gasteiger partial charge < -0.3 is 11.1 Å². The SMILES string of the molecule is Nc1ccc(NC2CC3CCC2C3)c2nonc12. The molecular formula is C13H16N4O. The van der Waals surface area contributed by atoms with Crippen molar-refractivity contribution in [3.8, 4) is 0 Å². The van der Waals surface area contributed by atoms with Crippen molar-refractivity contribution in [2.45, 2.75) is 31.7 Å². The fraction of sp³-hybridized carbons (Fsp3) is 0.538. The second kappa shape index (κ2) is 3.60. The van der Waals surface area contributed by atoms with Crippen LogP contribution in [0.4, 0.5) is 11.4 Å². The van der Waals surface area contributed by atoms with E-state index in [-0.39, 0.29) is 0 Å². The lowest BCUT2D eigenvalue weighted by Crippen LogP contribution is -2.25. The van der Waals surface area contributed by atoms with Gasteiger partial charge >= 0.3 is 0 Å². The fourth-order valence-electron chi connectivity index (χ4n) is 3.62. The summed E-state index contributed by atoms with van der Waals surface area (Å²) >= 11 is 0. The molecule has 1 heterocycles. The summed E-state index contributed by atoms with van der Waals surface area (Å²) in [4.78, 5) is 0.